The summed E-state index contributed by atoms with van der Waals surface area (Å²) in [6, 6.07) is 3.21. The van der Waals surface area contributed by atoms with E-state index in [9.17, 15) is 4.79 Å². The lowest BCUT2D eigenvalue weighted by molar-refractivity contribution is 0.0740. The van der Waals surface area contributed by atoms with E-state index in [1.54, 1.807) is 24.1 Å². The van der Waals surface area contributed by atoms with Crippen LogP contribution in [-0.2, 0) is 0 Å². The maximum atomic E-state index is 12.2. The summed E-state index contributed by atoms with van der Waals surface area (Å²) in [5, 5.41) is 0.319. The second kappa shape index (κ2) is 5.54. The van der Waals surface area contributed by atoms with E-state index in [1.165, 1.54) is 0 Å². The highest BCUT2D eigenvalue weighted by atomic mass is 35.5. The zero-order valence-electron chi connectivity index (χ0n) is 11.1. The van der Waals surface area contributed by atoms with Crippen LogP contribution in [0, 0.1) is 5.41 Å². The average Bonchev–Trinajstić information content (AvgIpc) is 2.26. The summed E-state index contributed by atoms with van der Waals surface area (Å²) in [5.41, 5.74) is 2.62. The topological polar surface area (TPSA) is 71.2 Å². The van der Waals surface area contributed by atoms with Crippen LogP contribution in [0.4, 0.5) is 5.82 Å². The highest BCUT2D eigenvalue weighted by molar-refractivity contribution is 6.33. The van der Waals surface area contributed by atoms with E-state index in [4.69, 9.17) is 17.4 Å². The van der Waals surface area contributed by atoms with Gasteiger partial charge in [0.05, 0.1) is 5.02 Å². The average molecular weight is 271 g/mol. The van der Waals surface area contributed by atoms with Gasteiger partial charge < -0.3 is 10.3 Å². The van der Waals surface area contributed by atoms with Crippen LogP contribution in [0.5, 0.6) is 0 Å². The first kappa shape index (κ1) is 14.7. The number of halogens is 1. The number of nitrogens with one attached hydrogen (secondary N) is 1. The number of carbonyl (C=O) groups is 1. The minimum absolute atomic E-state index is 0.0145. The Kier molecular flexibility index (Phi) is 4.53. The summed E-state index contributed by atoms with van der Waals surface area (Å²) in [4.78, 5) is 17.9. The summed E-state index contributed by atoms with van der Waals surface area (Å²) >= 11 is 5.98. The van der Waals surface area contributed by atoms with E-state index >= 15 is 0 Å². The monoisotopic (exact) mass is 270 g/mol. The van der Waals surface area contributed by atoms with Crippen LogP contribution in [0.1, 0.15) is 31.3 Å². The summed E-state index contributed by atoms with van der Waals surface area (Å²) < 4.78 is 0. The first-order chi connectivity index (χ1) is 8.24. The van der Waals surface area contributed by atoms with Gasteiger partial charge in [-0.05, 0) is 17.5 Å². The molecule has 0 fully saturated rings. The molecule has 1 heterocycles. The molecule has 18 heavy (non-hydrogen) atoms. The Labute approximate surface area is 112 Å². The van der Waals surface area contributed by atoms with Gasteiger partial charge in [0, 0.05) is 13.6 Å². The maximum absolute atomic E-state index is 12.2. The summed E-state index contributed by atoms with van der Waals surface area (Å²) in [6.07, 6.45) is 0. The van der Waals surface area contributed by atoms with Crippen molar-refractivity contribution in [2.45, 2.75) is 20.8 Å². The molecule has 100 valence electrons. The van der Waals surface area contributed by atoms with E-state index in [1.807, 2.05) is 0 Å². The third kappa shape index (κ3) is 3.85. The molecule has 0 aliphatic heterocycles. The minimum atomic E-state index is -0.216. The second-order valence-corrected chi connectivity index (χ2v) is 5.80. The molecule has 0 aliphatic rings. The molecular formula is C12H19ClN4O. The SMILES string of the molecule is CN(CC(C)(C)C)C(=O)c1nc(NN)ccc1Cl. The van der Waals surface area contributed by atoms with E-state index in [-0.39, 0.29) is 17.0 Å². The smallest absolute Gasteiger partial charge is 0.273 e. The van der Waals surface area contributed by atoms with Gasteiger partial charge in [-0.1, -0.05) is 32.4 Å². The number of nitrogens with two attached hydrogens (primary N) is 1. The first-order valence-corrected chi connectivity index (χ1v) is 6.01. The third-order valence-corrected chi connectivity index (χ3v) is 2.56. The zero-order valence-corrected chi connectivity index (χ0v) is 11.9. The van der Waals surface area contributed by atoms with Crippen LogP contribution in [-0.4, -0.2) is 29.4 Å². The number of nitrogen functional groups attached to an aromatic ring is 1. The Bertz CT molecular complexity index is 442. The standard InChI is InChI=1S/C12H19ClN4O/c1-12(2,3)7-17(4)11(18)10-8(13)5-6-9(15-10)16-14/h5-6H,7,14H2,1-4H3,(H,15,16). The first-order valence-electron chi connectivity index (χ1n) is 5.63. The van der Waals surface area contributed by atoms with Crippen molar-refractivity contribution in [3.63, 3.8) is 0 Å². The predicted molar refractivity (Wildman–Crippen MR) is 73.5 cm³/mol. The van der Waals surface area contributed by atoms with E-state index in [2.05, 4.69) is 31.2 Å². The van der Waals surface area contributed by atoms with Crippen LogP contribution in [0.2, 0.25) is 5.02 Å². The third-order valence-electron chi connectivity index (χ3n) is 2.25. The Morgan fingerprint density at radius 3 is 2.61 bits per heavy atom. The normalized spacial score (nSPS) is 11.2. The lowest BCUT2D eigenvalue weighted by Gasteiger charge is -2.26. The van der Waals surface area contributed by atoms with Crippen molar-refractivity contribution >= 4 is 23.3 Å². The van der Waals surface area contributed by atoms with Crippen LogP contribution in [0.15, 0.2) is 12.1 Å². The van der Waals surface area contributed by atoms with Crippen LogP contribution < -0.4 is 11.3 Å². The Balaban J connectivity index is 2.96. The number of hydrogen-bond acceptors (Lipinski definition) is 4. The maximum Gasteiger partial charge on any atom is 0.273 e. The predicted octanol–water partition coefficient (Wildman–Crippen LogP) is 2.14. The van der Waals surface area contributed by atoms with Gasteiger partial charge in [-0.25, -0.2) is 10.8 Å². The molecule has 0 saturated carbocycles. The van der Waals surface area contributed by atoms with Gasteiger partial charge in [-0.3, -0.25) is 4.79 Å². The van der Waals surface area contributed by atoms with Gasteiger partial charge in [0.2, 0.25) is 0 Å². The fraction of sp³-hybridized carbons (Fsp3) is 0.500. The number of nitrogens with zero attached hydrogens (tertiary/aromatic N) is 2. The highest BCUT2D eigenvalue weighted by Crippen LogP contribution is 2.20. The molecule has 0 radical (unpaired) electrons. The second-order valence-electron chi connectivity index (χ2n) is 5.39. The van der Waals surface area contributed by atoms with Gasteiger partial charge in [-0.15, -0.1) is 0 Å². The largest absolute Gasteiger partial charge is 0.340 e. The molecule has 0 bridgehead atoms. The Morgan fingerprint density at radius 1 is 1.50 bits per heavy atom. The van der Waals surface area contributed by atoms with Crippen molar-refractivity contribution in [1.82, 2.24) is 9.88 Å². The quantitative estimate of drug-likeness (QED) is 0.652. The molecule has 0 saturated heterocycles. The molecule has 0 aromatic carbocycles. The van der Waals surface area contributed by atoms with Gasteiger partial charge in [0.1, 0.15) is 11.5 Å². The minimum Gasteiger partial charge on any atom is -0.340 e. The molecule has 1 rings (SSSR count). The van der Waals surface area contributed by atoms with Crippen LogP contribution in [0.3, 0.4) is 0 Å². The lowest BCUT2D eigenvalue weighted by Crippen LogP contribution is -2.35. The molecule has 1 aromatic heterocycles. The zero-order chi connectivity index (χ0) is 13.9. The van der Waals surface area contributed by atoms with Gasteiger partial charge in [0.15, 0.2) is 0 Å². The summed E-state index contributed by atoms with van der Waals surface area (Å²) in [7, 11) is 1.73. The summed E-state index contributed by atoms with van der Waals surface area (Å²) in [5.74, 6) is 5.46. The van der Waals surface area contributed by atoms with Gasteiger partial charge in [0.25, 0.3) is 5.91 Å². The number of hydrazine groups is 1. The number of rotatable bonds is 3. The van der Waals surface area contributed by atoms with Gasteiger partial charge >= 0.3 is 0 Å². The van der Waals surface area contributed by atoms with Crippen molar-refractivity contribution in [1.29, 1.82) is 0 Å². The van der Waals surface area contributed by atoms with Crippen molar-refractivity contribution in [3.05, 3.63) is 22.8 Å². The molecule has 5 nitrogen and oxygen atoms in total. The van der Waals surface area contributed by atoms with E-state index in [0.29, 0.717) is 17.4 Å². The molecule has 0 spiro atoms. The van der Waals surface area contributed by atoms with Gasteiger partial charge in [-0.2, -0.15) is 0 Å². The number of amides is 1. The molecule has 3 N–H and O–H groups in total. The van der Waals surface area contributed by atoms with E-state index < -0.39 is 0 Å². The fourth-order valence-corrected chi connectivity index (χ4v) is 1.82. The molecule has 0 unspecified atom stereocenters. The van der Waals surface area contributed by atoms with Crippen molar-refractivity contribution in [3.8, 4) is 0 Å². The Hall–Kier alpha value is -1.33. The van der Waals surface area contributed by atoms with Crippen LogP contribution in [0.25, 0.3) is 0 Å². The molecule has 1 aromatic rings. The molecular weight excluding hydrogens is 252 g/mol. The number of carbonyl (C=O) groups excluding carboxylic acids is 1. The lowest BCUT2D eigenvalue weighted by atomic mass is 9.96. The number of pyridine rings is 1. The highest BCUT2D eigenvalue weighted by Gasteiger charge is 2.22. The molecule has 0 atom stereocenters. The summed E-state index contributed by atoms with van der Waals surface area (Å²) in [6.45, 7) is 6.79. The molecule has 0 aliphatic carbocycles. The van der Waals surface area contributed by atoms with Crippen molar-refractivity contribution in [2.24, 2.45) is 11.3 Å². The molecule has 6 heteroatoms. The number of anilines is 1. The van der Waals surface area contributed by atoms with Crippen molar-refractivity contribution < 1.29 is 4.79 Å². The number of aromatic nitrogens is 1. The van der Waals surface area contributed by atoms with Crippen molar-refractivity contribution in [2.75, 3.05) is 19.0 Å². The number of hydrogen-bond donors (Lipinski definition) is 2. The van der Waals surface area contributed by atoms with E-state index in [0.717, 1.165) is 0 Å². The fourth-order valence-electron chi connectivity index (χ4n) is 1.64. The molecule has 1 amide bonds. The Morgan fingerprint density at radius 2 is 2.11 bits per heavy atom. The van der Waals surface area contributed by atoms with Crippen LogP contribution >= 0.6 is 11.6 Å².